The third kappa shape index (κ3) is 5.00. The zero-order chi connectivity index (χ0) is 22.7. The number of allylic oxidation sites excluding steroid dienone is 4. The first-order valence-electron chi connectivity index (χ1n) is 10.6. The zero-order valence-electron chi connectivity index (χ0n) is 18.9. The Kier molecular flexibility index (Phi) is 6.29. The molecular weight excluding hydrogens is 422 g/mol. The molecule has 3 heterocycles. The number of carbonyl (C=O) groups excluding carboxylic acids is 1. The fourth-order valence-corrected chi connectivity index (χ4v) is 4.21. The smallest absolute Gasteiger partial charge is 0.338 e. The highest BCUT2D eigenvalue weighted by atomic mass is 28.3. The molecule has 4 rings (SSSR count). The summed E-state index contributed by atoms with van der Waals surface area (Å²) in [6.07, 6.45) is 11.6. The number of carbonyl (C=O) groups is 1. The maximum atomic E-state index is 11.9. The quantitative estimate of drug-likeness (QED) is 0.267. The molecule has 0 bridgehead atoms. The van der Waals surface area contributed by atoms with Gasteiger partial charge in [-0.3, -0.25) is 0 Å². The average molecular weight is 451 g/mol. The molecule has 0 N–H and O–H groups in total. The normalized spacial score (nSPS) is 17.5. The van der Waals surface area contributed by atoms with E-state index in [-0.39, 0.29) is 5.92 Å². The summed E-state index contributed by atoms with van der Waals surface area (Å²) in [5.74, 6) is 0.267. The second-order valence-electron chi connectivity index (χ2n) is 8.97. The molecule has 32 heavy (non-hydrogen) atoms. The molecule has 166 valence electrons. The zero-order valence-corrected chi connectivity index (χ0v) is 19.9. The van der Waals surface area contributed by atoms with Crippen molar-refractivity contribution in [2.75, 3.05) is 20.4 Å². The Labute approximate surface area is 188 Å². The number of hydrazone groups is 1. The highest BCUT2D eigenvalue weighted by Crippen LogP contribution is 2.26. The van der Waals surface area contributed by atoms with Crippen molar-refractivity contribution >= 4 is 31.5 Å². The van der Waals surface area contributed by atoms with Gasteiger partial charge < -0.3 is 9.47 Å². The van der Waals surface area contributed by atoms with Gasteiger partial charge in [0.25, 0.3) is 6.73 Å². The van der Waals surface area contributed by atoms with Crippen molar-refractivity contribution in [3.8, 4) is 5.82 Å². The van der Waals surface area contributed by atoms with Gasteiger partial charge in [0.05, 0.1) is 31.2 Å². The van der Waals surface area contributed by atoms with Gasteiger partial charge in [-0.05, 0) is 35.4 Å². The van der Waals surface area contributed by atoms with Gasteiger partial charge in [0.15, 0.2) is 12.0 Å². The van der Waals surface area contributed by atoms with Crippen LogP contribution in [0.25, 0.3) is 11.4 Å². The van der Waals surface area contributed by atoms with E-state index in [2.05, 4.69) is 54.2 Å². The second kappa shape index (κ2) is 9.13. The molecule has 8 nitrogen and oxygen atoms in total. The second-order valence-corrected chi connectivity index (χ2v) is 14.6. The van der Waals surface area contributed by atoms with Crippen LogP contribution in [0, 0.1) is 5.92 Å². The summed E-state index contributed by atoms with van der Waals surface area (Å²) in [6.45, 7) is 8.26. The van der Waals surface area contributed by atoms with Crippen LogP contribution in [0.5, 0.6) is 0 Å². The molecule has 0 saturated heterocycles. The van der Waals surface area contributed by atoms with E-state index in [1.807, 2.05) is 10.8 Å². The van der Waals surface area contributed by atoms with Crippen LogP contribution < -0.4 is 0 Å². The van der Waals surface area contributed by atoms with E-state index in [4.69, 9.17) is 14.6 Å². The monoisotopic (exact) mass is 450 g/mol. The van der Waals surface area contributed by atoms with Gasteiger partial charge in [-0.25, -0.2) is 14.5 Å². The van der Waals surface area contributed by atoms with Crippen LogP contribution in [-0.4, -0.2) is 65.9 Å². The van der Waals surface area contributed by atoms with Crippen LogP contribution in [0.4, 0.5) is 0 Å². The summed E-state index contributed by atoms with van der Waals surface area (Å²) in [5.41, 5.74) is 3.21. The molecule has 2 aliphatic rings. The summed E-state index contributed by atoms with van der Waals surface area (Å²) in [4.78, 5) is 16.3. The highest BCUT2D eigenvalue weighted by Gasteiger charge is 2.28. The van der Waals surface area contributed by atoms with Crippen molar-refractivity contribution in [1.82, 2.24) is 14.8 Å². The minimum Gasteiger partial charge on any atom is -0.465 e. The molecule has 2 aromatic heterocycles. The van der Waals surface area contributed by atoms with E-state index < -0.39 is 14.0 Å². The predicted octanol–water partition coefficient (Wildman–Crippen LogP) is 3.39. The first-order valence-corrected chi connectivity index (χ1v) is 14.3. The predicted molar refractivity (Wildman–Crippen MR) is 126 cm³/mol. The number of rotatable bonds is 8. The Morgan fingerprint density at radius 2 is 2.09 bits per heavy atom. The topological polar surface area (TPSA) is 81.6 Å². The molecule has 1 aliphatic carbocycles. The summed E-state index contributed by atoms with van der Waals surface area (Å²) >= 11 is 0. The van der Waals surface area contributed by atoms with E-state index in [1.54, 1.807) is 29.2 Å². The Balaban J connectivity index is 1.50. The van der Waals surface area contributed by atoms with Crippen molar-refractivity contribution in [3.63, 3.8) is 0 Å². The maximum Gasteiger partial charge on any atom is 0.338 e. The lowest BCUT2D eigenvalue weighted by molar-refractivity contribution is -0.567. The molecule has 0 fully saturated rings. The number of ether oxygens (including phenoxy) is 2. The van der Waals surface area contributed by atoms with Gasteiger partial charge in [-0.15, -0.1) is 0 Å². The molecule has 1 atom stereocenters. The Bertz CT molecular complexity index is 1140. The van der Waals surface area contributed by atoms with Crippen LogP contribution in [0.15, 0.2) is 53.9 Å². The highest BCUT2D eigenvalue weighted by molar-refractivity contribution is 6.76. The van der Waals surface area contributed by atoms with Crippen LogP contribution in [0.1, 0.15) is 16.1 Å². The average Bonchev–Trinajstić information content (AvgIpc) is 3.42. The van der Waals surface area contributed by atoms with E-state index in [9.17, 15) is 4.79 Å². The van der Waals surface area contributed by atoms with Crippen LogP contribution in [0.2, 0.25) is 25.7 Å². The summed E-state index contributed by atoms with van der Waals surface area (Å²) in [6, 6.07) is 6.34. The SMILES string of the molecule is COC(=O)c1ccnc(-n2nccc2C2=CC3=N[N+](COCC[Si](C)(C)C)=CC3C=C2)c1. The van der Waals surface area contributed by atoms with Gasteiger partial charge in [0.2, 0.25) is 0 Å². The van der Waals surface area contributed by atoms with Crippen molar-refractivity contribution in [1.29, 1.82) is 0 Å². The summed E-state index contributed by atoms with van der Waals surface area (Å²) in [7, 11) is 0.257. The van der Waals surface area contributed by atoms with E-state index in [1.165, 1.54) is 7.11 Å². The molecule has 0 amide bonds. The Morgan fingerprint density at radius 1 is 1.25 bits per heavy atom. The number of methoxy groups -OCH3 is 1. The van der Waals surface area contributed by atoms with Crippen LogP contribution >= 0.6 is 0 Å². The molecule has 2 aromatic rings. The standard InChI is InChI=1S/C23H28N5O3Si/c1-30-23(29)18-7-9-24-22(14-18)28-21(8-10-25-28)17-5-6-19-15-27(26-20(19)13-17)16-31-11-12-32(2,3)4/h5-10,13-15,19H,11-12,16H2,1-4H3/q+1. The third-order valence-electron chi connectivity index (χ3n) is 5.25. The molecular formula is C23H28N5O3Si+. The number of nitrogens with zero attached hydrogens (tertiary/aromatic N) is 5. The van der Waals surface area contributed by atoms with E-state index in [0.29, 0.717) is 18.1 Å². The van der Waals surface area contributed by atoms with Gasteiger partial charge >= 0.3 is 5.97 Å². The van der Waals surface area contributed by atoms with Crippen molar-refractivity contribution in [3.05, 3.63) is 60.1 Å². The largest absolute Gasteiger partial charge is 0.465 e. The summed E-state index contributed by atoms with van der Waals surface area (Å²) in [5, 5.41) is 9.11. The number of pyridine rings is 1. The Hall–Kier alpha value is -3.17. The van der Waals surface area contributed by atoms with Gasteiger partial charge in [0.1, 0.15) is 11.6 Å². The third-order valence-corrected chi connectivity index (χ3v) is 6.95. The lowest BCUT2D eigenvalue weighted by Gasteiger charge is -2.14. The van der Waals surface area contributed by atoms with E-state index >= 15 is 0 Å². The molecule has 1 aliphatic heterocycles. The molecule has 9 heteroatoms. The summed E-state index contributed by atoms with van der Waals surface area (Å²) < 4.78 is 14.2. The number of hydrogen-bond donors (Lipinski definition) is 0. The Morgan fingerprint density at radius 3 is 2.88 bits per heavy atom. The van der Waals surface area contributed by atoms with Gasteiger partial charge in [0, 0.05) is 19.8 Å². The van der Waals surface area contributed by atoms with Crippen molar-refractivity contribution in [2.45, 2.75) is 25.7 Å². The molecule has 0 radical (unpaired) electrons. The molecule has 0 spiro atoms. The van der Waals surface area contributed by atoms with Crippen molar-refractivity contribution in [2.24, 2.45) is 11.0 Å². The number of aromatic nitrogens is 3. The van der Waals surface area contributed by atoms with E-state index in [0.717, 1.165) is 29.6 Å². The minimum absolute atomic E-state index is 0.136. The lowest BCUT2D eigenvalue weighted by Crippen LogP contribution is -2.22. The van der Waals surface area contributed by atoms with Gasteiger partial charge in [-0.2, -0.15) is 5.10 Å². The van der Waals surface area contributed by atoms with Crippen LogP contribution in [-0.2, 0) is 9.47 Å². The molecule has 1 unspecified atom stereocenters. The molecule has 0 saturated carbocycles. The van der Waals surface area contributed by atoms with Crippen LogP contribution in [0.3, 0.4) is 0 Å². The molecule has 0 aromatic carbocycles. The van der Waals surface area contributed by atoms with Crippen molar-refractivity contribution < 1.29 is 19.0 Å². The fourth-order valence-electron chi connectivity index (χ4n) is 3.45. The number of hydrogen-bond acceptors (Lipinski definition) is 6. The lowest BCUT2D eigenvalue weighted by atomic mass is 9.95. The first-order chi connectivity index (χ1) is 15.3. The fraction of sp³-hybridized carbons (Fsp3) is 0.348. The number of esters is 1. The first kappa shape index (κ1) is 22.0. The number of fused-ring (bicyclic) bond motifs is 1. The van der Waals surface area contributed by atoms with Gasteiger partial charge in [-0.1, -0.05) is 36.5 Å². The maximum absolute atomic E-state index is 11.9. The minimum atomic E-state index is -1.10.